The minimum absolute atomic E-state index is 0.0309. The standard InChI is InChI=1S/C22H22O3/c1-16-4-2-3-5-20(16)15-25-21-12-10-18(11-13-21)19(14-22(23)24)9-8-17-6-7-17/h2-5,10-13,17,19H,6-7,14-15H2,1H3,(H,23,24). The van der Waals surface area contributed by atoms with Crippen molar-refractivity contribution < 1.29 is 14.6 Å². The molecule has 0 spiro atoms. The minimum atomic E-state index is -0.824. The molecule has 1 fully saturated rings. The largest absolute Gasteiger partial charge is 0.489 e. The number of carboxylic acids is 1. The molecule has 0 heterocycles. The van der Waals surface area contributed by atoms with Gasteiger partial charge in [-0.25, -0.2) is 0 Å². The van der Waals surface area contributed by atoms with Gasteiger partial charge in [0.15, 0.2) is 0 Å². The predicted octanol–water partition coefficient (Wildman–Crippen LogP) is 4.55. The molecule has 3 rings (SSSR count). The van der Waals surface area contributed by atoms with Crippen molar-refractivity contribution in [2.45, 2.75) is 38.7 Å². The molecule has 3 heteroatoms. The Kier molecular flexibility index (Phi) is 5.40. The Balaban J connectivity index is 1.66. The van der Waals surface area contributed by atoms with E-state index in [-0.39, 0.29) is 12.3 Å². The van der Waals surface area contributed by atoms with Crippen LogP contribution in [0.25, 0.3) is 0 Å². The van der Waals surface area contributed by atoms with Gasteiger partial charge >= 0.3 is 5.97 Å². The number of hydrogen-bond donors (Lipinski definition) is 1. The summed E-state index contributed by atoms with van der Waals surface area (Å²) in [7, 11) is 0. The van der Waals surface area contributed by atoms with Crippen molar-refractivity contribution in [3.63, 3.8) is 0 Å². The smallest absolute Gasteiger partial charge is 0.304 e. The molecular weight excluding hydrogens is 312 g/mol. The Bertz CT molecular complexity index is 792. The van der Waals surface area contributed by atoms with Gasteiger partial charge in [-0.3, -0.25) is 4.79 Å². The van der Waals surface area contributed by atoms with E-state index in [2.05, 4.69) is 30.9 Å². The van der Waals surface area contributed by atoms with Crippen molar-refractivity contribution in [1.29, 1.82) is 0 Å². The van der Waals surface area contributed by atoms with E-state index in [1.807, 2.05) is 36.4 Å². The zero-order chi connectivity index (χ0) is 17.6. The first kappa shape index (κ1) is 17.1. The predicted molar refractivity (Wildman–Crippen MR) is 97.4 cm³/mol. The van der Waals surface area contributed by atoms with Crippen LogP contribution in [0.2, 0.25) is 0 Å². The van der Waals surface area contributed by atoms with Crippen LogP contribution in [-0.4, -0.2) is 11.1 Å². The third kappa shape index (κ3) is 5.12. The molecule has 0 saturated heterocycles. The summed E-state index contributed by atoms with van der Waals surface area (Å²) < 4.78 is 5.84. The van der Waals surface area contributed by atoms with Crippen LogP contribution in [0, 0.1) is 24.7 Å². The minimum Gasteiger partial charge on any atom is -0.489 e. The van der Waals surface area contributed by atoms with Crippen LogP contribution in [0.4, 0.5) is 0 Å². The Hall–Kier alpha value is -2.73. The first-order valence-corrected chi connectivity index (χ1v) is 8.62. The third-order valence-corrected chi connectivity index (χ3v) is 4.36. The van der Waals surface area contributed by atoms with Crippen molar-refractivity contribution in [1.82, 2.24) is 0 Å². The van der Waals surface area contributed by atoms with E-state index >= 15 is 0 Å². The van der Waals surface area contributed by atoms with Gasteiger partial charge < -0.3 is 9.84 Å². The fourth-order valence-electron chi connectivity index (χ4n) is 2.60. The second kappa shape index (κ2) is 7.90. The molecule has 1 atom stereocenters. The Labute approximate surface area is 148 Å². The van der Waals surface area contributed by atoms with Gasteiger partial charge in [0, 0.05) is 5.92 Å². The van der Waals surface area contributed by atoms with Crippen molar-refractivity contribution in [3.8, 4) is 17.6 Å². The van der Waals surface area contributed by atoms with Crippen molar-refractivity contribution in [2.75, 3.05) is 0 Å². The highest BCUT2D eigenvalue weighted by atomic mass is 16.5. The molecular formula is C22H22O3. The molecule has 0 amide bonds. The number of rotatable bonds is 6. The average molecular weight is 334 g/mol. The average Bonchev–Trinajstić information content (AvgIpc) is 3.42. The van der Waals surface area contributed by atoms with E-state index in [1.54, 1.807) is 0 Å². The summed E-state index contributed by atoms with van der Waals surface area (Å²) in [4.78, 5) is 11.1. The fourth-order valence-corrected chi connectivity index (χ4v) is 2.60. The molecule has 0 aliphatic heterocycles. The number of ether oxygens (including phenoxy) is 1. The van der Waals surface area contributed by atoms with Gasteiger partial charge in [-0.1, -0.05) is 48.2 Å². The number of hydrogen-bond acceptors (Lipinski definition) is 2. The molecule has 2 aromatic carbocycles. The normalized spacial score (nSPS) is 14.3. The zero-order valence-corrected chi connectivity index (χ0v) is 14.4. The molecule has 25 heavy (non-hydrogen) atoms. The molecule has 1 aliphatic rings. The highest BCUT2D eigenvalue weighted by molar-refractivity contribution is 5.69. The van der Waals surface area contributed by atoms with Crippen LogP contribution in [0.5, 0.6) is 5.75 Å². The van der Waals surface area contributed by atoms with E-state index in [4.69, 9.17) is 9.84 Å². The number of benzene rings is 2. The maximum Gasteiger partial charge on any atom is 0.304 e. The second-order valence-electron chi connectivity index (χ2n) is 6.50. The number of carboxylic acid groups (broad SMARTS) is 1. The summed E-state index contributed by atoms with van der Waals surface area (Å²) >= 11 is 0. The Morgan fingerprint density at radius 3 is 2.56 bits per heavy atom. The molecule has 3 nitrogen and oxygen atoms in total. The summed E-state index contributed by atoms with van der Waals surface area (Å²) in [6.07, 6.45) is 2.31. The monoisotopic (exact) mass is 334 g/mol. The molecule has 2 aromatic rings. The second-order valence-corrected chi connectivity index (χ2v) is 6.50. The highest BCUT2D eigenvalue weighted by Gasteiger charge is 2.19. The van der Waals surface area contributed by atoms with E-state index < -0.39 is 5.97 Å². The van der Waals surface area contributed by atoms with Crippen LogP contribution < -0.4 is 4.74 Å². The topological polar surface area (TPSA) is 46.5 Å². The third-order valence-electron chi connectivity index (χ3n) is 4.36. The van der Waals surface area contributed by atoms with Crippen LogP contribution in [0.1, 0.15) is 41.9 Å². The lowest BCUT2D eigenvalue weighted by Gasteiger charge is -2.11. The molecule has 128 valence electrons. The van der Waals surface area contributed by atoms with Gasteiger partial charge in [-0.2, -0.15) is 0 Å². The lowest BCUT2D eigenvalue weighted by Crippen LogP contribution is -2.05. The van der Waals surface area contributed by atoms with E-state index in [1.165, 1.54) is 5.56 Å². The zero-order valence-electron chi connectivity index (χ0n) is 14.4. The maximum absolute atomic E-state index is 11.1. The van der Waals surface area contributed by atoms with Crippen LogP contribution >= 0.6 is 0 Å². The molecule has 0 bridgehead atoms. The van der Waals surface area contributed by atoms with Crippen molar-refractivity contribution in [3.05, 3.63) is 65.2 Å². The van der Waals surface area contributed by atoms with Crippen molar-refractivity contribution in [2.24, 2.45) is 5.92 Å². The summed E-state index contributed by atoms with van der Waals surface area (Å²) in [5, 5.41) is 9.12. The quantitative estimate of drug-likeness (QED) is 0.789. The summed E-state index contributed by atoms with van der Waals surface area (Å²) in [5.74, 6) is 6.48. The number of aliphatic carboxylic acids is 1. The van der Waals surface area contributed by atoms with Gasteiger partial charge in [0.1, 0.15) is 12.4 Å². The van der Waals surface area contributed by atoms with E-state index in [0.29, 0.717) is 12.5 Å². The molecule has 1 aliphatic carbocycles. The molecule has 1 N–H and O–H groups in total. The molecule has 0 aromatic heterocycles. The Morgan fingerprint density at radius 2 is 1.92 bits per heavy atom. The molecule has 1 unspecified atom stereocenters. The van der Waals surface area contributed by atoms with Crippen molar-refractivity contribution >= 4 is 5.97 Å². The van der Waals surface area contributed by atoms with Gasteiger partial charge in [0.2, 0.25) is 0 Å². The van der Waals surface area contributed by atoms with Crippen LogP contribution in [0.3, 0.4) is 0 Å². The van der Waals surface area contributed by atoms with Gasteiger partial charge in [0.25, 0.3) is 0 Å². The molecule has 0 radical (unpaired) electrons. The van der Waals surface area contributed by atoms with Crippen LogP contribution in [0.15, 0.2) is 48.5 Å². The lowest BCUT2D eigenvalue weighted by molar-refractivity contribution is -0.137. The Morgan fingerprint density at radius 1 is 1.20 bits per heavy atom. The summed E-state index contributed by atoms with van der Waals surface area (Å²) in [6.45, 7) is 2.59. The van der Waals surface area contributed by atoms with Gasteiger partial charge in [0.05, 0.1) is 12.3 Å². The first-order chi connectivity index (χ1) is 12.1. The maximum atomic E-state index is 11.1. The summed E-state index contributed by atoms with van der Waals surface area (Å²) in [6, 6.07) is 15.8. The first-order valence-electron chi connectivity index (χ1n) is 8.62. The number of carbonyl (C=O) groups is 1. The summed E-state index contributed by atoms with van der Waals surface area (Å²) in [5.41, 5.74) is 3.29. The van der Waals surface area contributed by atoms with E-state index in [0.717, 1.165) is 29.7 Å². The van der Waals surface area contributed by atoms with E-state index in [9.17, 15) is 4.79 Å². The SMILES string of the molecule is Cc1ccccc1COc1ccc(C(C#CC2CC2)CC(=O)O)cc1. The van der Waals surface area contributed by atoms with Gasteiger partial charge in [-0.15, -0.1) is 0 Å². The molecule has 1 saturated carbocycles. The fraction of sp³-hybridized carbons (Fsp3) is 0.318. The lowest BCUT2D eigenvalue weighted by atomic mass is 9.96. The van der Waals surface area contributed by atoms with Gasteiger partial charge in [-0.05, 0) is 48.6 Å². The van der Waals surface area contributed by atoms with Crippen LogP contribution in [-0.2, 0) is 11.4 Å². The highest BCUT2D eigenvalue weighted by Crippen LogP contribution is 2.29. The number of aryl methyl sites for hydroxylation is 1.